The summed E-state index contributed by atoms with van der Waals surface area (Å²) in [4.78, 5) is 24.4. The van der Waals surface area contributed by atoms with Gasteiger partial charge in [0.15, 0.2) is 5.78 Å². The monoisotopic (exact) mass is 578 g/mol. The Morgan fingerprint density at radius 3 is 1.91 bits per heavy atom. The van der Waals surface area contributed by atoms with Crippen molar-refractivity contribution in [2.45, 2.75) is 71.1 Å². The number of hydrogen-bond donors (Lipinski definition) is 2. The van der Waals surface area contributed by atoms with Crippen LogP contribution in [0.3, 0.4) is 0 Å². The summed E-state index contributed by atoms with van der Waals surface area (Å²) in [5, 5.41) is 12.6. The number of nitrogens with one attached hydrogen (secondary N) is 1. The van der Waals surface area contributed by atoms with E-state index in [1.165, 1.54) is 36.8 Å². The second-order valence-electron chi connectivity index (χ2n) is 11.6. The van der Waals surface area contributed by atoms with Gasteiger partial charge in [0, 0.05) is 48.2 Å². The quantitative estimate of drug-likeness (QED) is 0.117. The fraction of sp³-hybridized carbons (Fsp3) is 0.368. The standard InChI is InChI=1S/C38H46N2O3/c1-3-36-35(27-34(40(36)2)21-12-22-37(41)42)38(43)32-23-25-33(26-24-32)39-28-31(19-10-17-29-13-6-4-7-14-29)20-11-18-30-15-8-5-9-16-30/h4-9,13-16,23-27,31,39H,3,10-12,17-22,28H2,1-2H3,(H,41,42). The molecule has 2 N–H and O–H groups in total. The third-order valence-electron chi connectivity index (χ3n) is 8.44. The van der Waals surface area contributed by atoms with E-state index in [-0.39, 0.29) is 12.2 Å². The van der Waals surface area contributed by atoms with E-state index in [4.69, 9.17) is 5.11 Å². The van der Waals surface area contributed by atoms with Gasteiger partial charge in [0.1, 0.15) is 0 Å². The minimum absolute atomic E-state index is 0.0168. The Morgan fingerprint density at radius 2 is 1.37 bits per heavy atom. The van der Waals surface area contributed by atoms with Crippen molar-refractivity contribution in [3.63, 3.8) is 0 Å². The van der Waals surface area contributed by atoms with Crippen molar-refractivity contribution in [3.8, 4) is 0 Å². The molecule has 4 rings (SSSR count). The maximum absolute atomic E-state index is 13.5. The van der Waals surface area contributed by atoms with E-state index in [1.54, 1.807) is 0 Å². The van der Waals surface area contributed by atoms with Gasteiger partial charge < -0.3 is 15.0 Å². The first-order valence-electron chi connectivity index (χ1n) is 15.8. The maximum Gasteiger partial charge on any atom is 0.303 e. The number of anilines is 1. The molecule has 0 aliphatic heterocycles. The highest BCUT2D eigenvalue weighted by Gasteiger charge is 2.19. The molecule has 3 aromatic carbocycles. The van der Waals surface area contributed by atoms with Crippen LogP contribution in [-0.4, -0.2) is 28.0 Å². The summed E-state index contributed by atoms with van der Waals surface area (Å²) in [6.45, 7) is 2.96. The summed E-state index contributed by atoms with van der Waals surface area (Å²) in [6, 6.07) is 31.3. The molecule has 226 valence electrons. The van der Waals surface area contributed by atoms with E-state index >= 15 is 0 Å². The Labute approximate surface area is 257 Å². The molecule has 43 heavy (non-hydrogen) atoms. The molecule has 0 amide bonds. The Morgan fingerprint density at radius 1 is 0.791 bits per heavy atom. The molecule has 5 nitrogen and oxygen atoms in total. The molecule has 5 heteroatoms. The molecule has 1 heterocycles. The molecule has 0 aliphatic rings. The predicted molar refractivity (Wildman–Crippen MR) is 176 cm³/mol. The van der Waals surface area contributed by atoms with Gasteiger partial charge in [0.25, 0.3) is 0 Å². The molecule has 0 aliphatic carbocycles. The topological polar surface area (TPSA) is 71.3 Å². The van der Waals surface area contributed by atoms with Crippen molar-refractivity contribution in [2.75, 3.05) is 11.9 Å². The molecule has 0 bridgehead atoms. The smallest absolute Gasteiger partial charge is 0.303 e. The zero-order valence-corrected chi connectivity index (χ0v) is 25.7. The highest BCUT2D eigenvalue weighted by Crippen LogP contribution is 2.23. The number of rotatable bonds is 18. The molecule has 0 spiro atoms. The molecule has 0 atom stereocenters. The van der Waals surface area contributed by atoms with E-state index in [9.17, 15) is 9.59 Å². The Balaban J connectivity index is 1.35. The number of aryl methyl sites for hydroxylation is 3. The third-order valence-corrected chi connectivity index (χ3v) is 8.44. The summed E-state index contributed by atoms with van der Waals surface area (Å²) in [5.74, 6) is -0.200. The molecular formula is C38H46N2O3. The van der Waals surface area contributed by atoms with E-state index in [1.807, 2.05) is 37.4 Å². The molecule has 0 saturated heterocycles. The molecule has 1 aromatic heterocycles. The van der Waals surface area contributed by atoms with Gasteiger partial charge in [-0.2, -0.15) is 0 Å². The number of carbonyl (C=O) groups excluding carboxylic acids is 1. The van der Waals surface area contributed by atoms with Crippen LogP contribution >= 0.6 is 0 Å². The third kappa shape index (κ3) is 9.71. The van der Waals surface area contributed by atoms with Crippen LogP contribution in [-0.2, 0) is 37.5 Å². The molecular weight excluding hydrogens is 532 g/mol. The van der Waals surface area contributed by atoms with E-state index in [0.29, 0.717) is 29.9 Å². The van der Waals surface area contributed by atoms with E-state index in [0.717, 1.165) is 42.9 Å². The minimum atomic E-state index is -0.791. The highest BCUT2D eigenvalue weighted by atomic mass is 16.4. The van der Waals surface area contributed by atoms with Crippen LogP contribution in [0, 0.1) is 5.92 Å². The second kappa shape index (κ2) is 16.5. The van der Waals surface area contributed by atoms with Crippen molar-refractivity contribution in [3.05, 3.63) is 125 Å². The summed E-state index contributed by atoms with van der Waals surface area (Å²) < 4.78 is 2.06. The summed E-state index contributed by atoms with van der Waals surface area (Å²) in [6.07, 6.45) is 8.98. The fourth-order valence-electron chi connectivity index (χ4n) is 5.97. The van der Waals surface area contributed by atoms with E-state index in [2.05, 4.69) is 77.5 Å². The number of aromatic nitrogens is 1. The summed E-state index contributed by atoms with van der Waals surface area (Å²) in [5.41, 5.74) is 7.21. The van der Waals surface area contributed by atoms with E-state index < -0.39 is 5.97 Å². The van der Waals surface area contributed by atoms with Gasteiger partial charge >= 0.3 is 5.97 Å². The number of carboxylic acids is 1. The van der Waals surface area contributed by atoms with Crippen LogP contribution in [0.2, 0.25) is 0 Å². The van der Waals surface area contributed by atoms with Crippen molar-refractivity contribution in [2.24, 2.45) is 13.0 Å². The lowest BCUT2D eigenvalue weighted by molar-refractivity contribution is -0.137. The first-order valence-corrected chi connectivity index (χ1v) is 15.8. The predicted octanol–water partition coefficient (Wildman–Crippen LogP) is 8.30. The molecule has 4 aromatic rings. The van der Waals surface area contributed by atoms with Crippen molar-refractivity contribution >= 4 is 17.4 Å². The average Bonchev–Trinajstić information content (AvgIpc) is 3.35. The van der Waals surface area contributed by atoms with Crippen molar-refractivity contribution in [1.82, 2.24) is 4.57 Å². The first-order chi connectivity index (χ1) is 20.9. The molecule has 0 fully saturated rings. The van der Waals surface area contributed by atoms with Gasteiger partial charge in [0.05, 0.1) is 0 Å². The summed E-state index contributed by atoms with van der Waals surface area (Å²) >= 11 is 0. The lowest BCUT2D eigenvalue weighted by Crippen LogP contribution is -2.15. The van der Waals surface area contributed by atoms with Crippen molar-refractivity contribution < 1.29 is 14.7 Å². The van der Waals surface area contributed by atoms with Crippen LogP contribution in [0.1, 0.15) is 83.9 Å². The Hall–Kier alpha value is -4.12. The molecule has 0 unspecified atom stereocenters. The van der Waals surface area contributed by atoms with Crippen LogP contribution < -0.4 is 5.32 Å². The number of aliphatic carboxylic acids is 1. The first kappa shape index (κ1) is 31.8. The summed E-state index contributed by atoms with van der Waals surface area (Å²) in [7, 11) is 1.97. The number of carbonyl (C=O) groups is 2. The number of benzene rings is 3. The number of hydrogen-bond acceptors (Lipinski definition) is 3. The maximum atomic E-state index is 13.5. The van der Waals surface area contributed by atoms with Gasteiger partial charge in [-0.15, -0.1) is 0 Å². The normalized spacial score (nSPS) is 11.1. The SMILES string of the molecule is CCc1c(C(=O)c2ccc(NCC(CCCc3ccccc3)CCCc3ccccc3)cc2)cc(CCCC(=O)O)n1C. The number of carboxylic acid groups (broad SMARTS) is 1. The van der Waals surface area contributed by atoms with Gasteiger partial charge in [-0.1, -0.05) is 67.6 Å². The minimum Gasteiger partial charge on any atom is -0.481 e. The molecule has 0 saturated carbocycles. The Kier molecular flexibility index (Phi) is 12.2. The molecule has 0 radical (unpaired) electrons. The van der Waals surface area contributed by atoms with Gasteiger partial charge in [-0.05, 0) is 105 Å². The fourth-order valence-corrected chi connectivity index (χ4v) is 5.97. The van der Waals surface area contributed by atoms with Crippen LogP contribution in [0.5, 0.6) is 0 Å². The van der Waals surface area contributed by atoms with Crippen LogP contribution in [0.15, 0.2) is 91.0 Å². The van der Waals surface area contributed by atoms with Crippen LogP contribution in [0.25, 0.3) is 0 Å². The van der Waals surface area contributed by atoms with Crippen molar-refractivity contribution in [1.29, 1.82) is 0 Å². The van der Waals surface area contributed by atoms with Gasteiger partial charge in [-0.3, -0.25) is 9.59 Å². The second-order valence-corrected chi connectivity index (χ2v) is 11.6. The Bertz CT molecular complexity index is 1380. The zero-order chi connectivity index (χ0) is 30.4. The zero-order valence-electron chi connectivity index (χ0n) is 25.7. The largest absolute Gasteiger partial charge is 0.481 e. The lowest BCUT2D eigenvalue weighted by atomic mass is 9.93. The number of ketones is 1. The van der Waals surface area contributed by atoms with Gasteiger partial charge in [0.2, 0.25) is 0 Å². The van der Waals surface area contributed by atoms with Gasteiger partial charge in [-0.25, -0.2) is 0 Å². The highest BCUT2D eigenvalue weighted by molar-refractivity contribution is 6.10. The van der Waals surface area contributed by atoms with Crippen LogP contribution in [0.4, 0.5) is 5.69 Å². The number of nitrogens with zero attached hydrogens (tertiary/aromatic N) is 1. The average molecular weight is 579 g/mol. The lowest BCUT2D eigenvalue weighted by Gasteiger charge is -2.19.